The molecule has 0 saturated carbocycles. The highest BCUT2D eigenvalue weighted by Gasteiger charge is 2.12. The van der Waals surface area contributed by atoms with Gasteiger partial charge in [0, 0.05) is 12.8 Å². The first kappa shape index (κ1) is 9.44. The van der Waals surface area contributed by atoms with Crippen LogP contribution in [0.3, 0.4) is 0 Å². The molecule has 0 amide bonds. The highest BCUT2D eigenvalue weighted by atomic mass is 16.4. The summed E-state index contributed by atoms with van der Waals surface area (Å²) in [5.74, 6) is -1.84. The number of carbonyl (C=O) groups is 2. The van der Waals surface area contributed by atoms with E-state index in [2.05, 4.69) is 4.98 Å². The Kier molecular flexibility index (Phi) is 2.79. The van der Waals surface area contributed by atoms with E-state index in [0.29, 0.717) is 5.89 Å². The molecule has 0 bridgehead atoms. The molecule has 0 saturated heterocycles. The van der Waals surface area contributed by atoms with Crippen LogP contribution in [-0.4, -0.2) is 21.8 Å². The molecule has 0 spiro atoms. The molecular weight excluding hydrogens is 174 g/mol. The summed E-state index contributed by atoms with van der Waals surface area (Å²) in [6.45, 7) is 1.76. The Labute approximate surface area is 74.4 Å². The van der Waals surface area contributed by atoms with Crippen molar-refractivity contribution in [1.29, 1.82) is 0 Å². The number of carboxylic acids is 1. The molecule has 0 atom stereocenters. The standard InChI is InChI=1S/C8H9NO4/c1-5-4-13-7(9-5)3-2-6(10)8(11)12/h4H,2-3H2,1H3,(H,11,12). The number of aromatic nitrogens is 1. The molecule has 13 heavy (non-hydrogen) atoms. The summed E-state index contributed by atoms with van der Waals surface area (Å²) in [7, 11) is 0. The van der Waals surface area contributed by atoms with E-state index in [-0.39, 0.29) is 12.8 Å². The summed E-state index contributed by atoms with van der Waals surface area (Å²) in [6.07, 6.45) is 1.62. The average molecular weight is 183 g/mol. The first-order chi connectivity index (χ1) is 6.09. The van der Waals surface area contributed by atoms with Gasteiger partial charge in [-0.25, -0.2) is 9.78 Å². The number of ketones is 1. The first-order valence-corrected chi connectivity index (χ1v) is 3.76. The van der Waals surface area contributed by atoms with Gasteiger partial charge in [0.1, 0.15) is 6.26 Å². The lowest BCUT2D eigenvalue weighted by Gasteiger charge is -1.91. The van der Waals surface area contributed by atoms with Gasteiger partial charge in [-0.2, -0.15) is 0 Å². The second-order valence-corrected chi connectivity index (χ2v) is 2.61. The van der Waals surface area contributed by atoms with Crippen molar-refractivity contribution in [3.63, 3.8) is 0 Å². The molecule has 1 N–H and O–H groups in total. The van der Waals surface area contributed by atoms with E-state index in [1.165, 1.54) is 6.26 Å². The zero-order chi connectivity index (χ0) is 9.84. The third kappa shape index (κ3) is 2.70. The predicted molar refractivity (Wildman–Crippen MR) is 42.2 cm³/mol. The quantitative estimate of drug-likeness (QED) is 0.690. The van der Waals surface area contributed by atoms with Gasteiger partial charge < -0.3 is 9.52 Å². The molecule has 1 heterocycles. The van der Waals surface area contributed by atoms with E-state index < -0.39 is 11.8 Å². The molecule has 0 aromatic carbocycles. The van der Waals surface area contributed by atoms with Crippen molar-refractivity contribution in [1.82, 2.24) is 4.98 Å². The lowest BCUT2D eigenvalue weighted by Crippen LogP contribution is -2.12. The monoisotopic (exact) mass is 183 g/mol. The van der Waals surface area contributed by atoms with Gasteiger partial charge in [0.2, 0.25) is 5.78 Å². The Morgan fingerprint density at radius 2 is 2.31 bits per heavy atom. The highest BCUT2D eigenvalue weighted by molar-refractivity contribution is 6.32. The lowest BCUT2D eigenvalue weighted by molar-refractivity contribution is -0.149. The van der Waals surface area contributed by atoms with Gasteiger partial charge in [0.15, 0.2) is 5.89 Å². The van der Waals surface area contributed by atoms with E-state index >= 15 is 0 Å². The van der Waals surface area contributed by atoms with Gasteiger partial charge in [-0.3, -0.25) is 4.79 Å². The van der Waals surface area contributed by atoms with Crippen LogP contribution in [0.15, 0.2) is 10.7 Å². The Morgan fingerprint density at radius 1 is 1.62 bits per heavy atom. The van der Waals surface area contributed by atoms with Crippen LogP contribution in [0.2, 0.25) is 0 Å². The van der Waals surface area contributed by atoms with Crippen LogP contribution in [-0.2, 0) is 16.0 Å². The fraction of sp³-hybridized carbons (Fsp3) is 0.375. The van der Waals surface area contributed by atoms with Crippen LogP contribution in [0.5, 0.6) is 0 Å². The molecule has 0 aliphatic heterocycles. The van der Waals surface area contributed by atoms with Crippen molar-refractivity contribution in [3.8, 4) is 0 Å². The summed E-state index contributed by atoms with van der Waals surface area (Å²) in [4.78, 5) is 24.7. The number of aryl methyl sites for hydroxylation is 2. The Balaban J connectivity index is 2.44. The van der Waals surface area contributed by atoms with Crippen molar-refractivity contribution in [2.75, 3.05) is 0 Å². The summed E-state index contributed by atoms with van der Waals surface area (Å²) in [6, 6.07) is 0. The van der Waals surface area contributed by atoms with Gasteiger partial charge >= 0.3 is 5.97 Å². The largest absolute Gasteiger partial charge is 0.476 e. The lowest BCUT2D eigenvalue weighted by atomic mass is 10.2. The normalized spacial score (nSPS) is 9.92. The van der Waals surface area contributed by atoms with E-state index in [0.717, 1.165) is 5.69 Å². The molecule has 5 nitrogen and oxygen atoms in total. The molecule has 5 heteroatoms. The van der Waals surface area contributed by atoms with Crippen LogP contribution in [0, 0.1) is 6.92 Å². The number of hydrogen-bond donors (Lipinski definition) is 1. The van der Waals surface area contributed by atoms with Crippen molar-refractivity contribution >= 4 is 11.8 Å². The average Bonchev–Trinajstić information content (AvgIpc) is 2.47. The first-order valence-electron chi connectivity index (χ1n) is 3.76. The van der Waals surface area contributed by atoms with Crippen LogP contribution < -0.4 is 0 Å². The van der Waals surface area contributed by atoms with Gasteiger partial charge in [-0.15, -0.1) is 0 Å². The molecule has 1 aromatic heterocycles. The maximum atomic E-state index is 10.7. The van der Waals surface area contributed by atoms with Crippen LogP contribution in [0.1, 0.15) is 18.0 Å². The third-order valence-electron chi connectivity index (χ3n) is 1.47. The molecule has 0 radical (unpaired) electrons. The number of carbonyl (C=O) groups excluding carboxylic acids is 1. The zero-order valence-corrected chi connectivity index (χ0v) is 7.11. The van der Waals surface area contributed by atoms with Crippen molar-refractivity contribution in [3.05, 3.63) is 17.8 Å². The van der Waals surface area contributed by atoms with Crippen molar-refractivity contribution < 1.29 is 19.1 Å². The zero-order valence-electron chi connectivity index (χ0n) is 7.11. The fourth-order valence-corrected chi connectivity index (χ4v) is 0.845. The Morgan fingerprint density at radius 3 is 2.77 bits per heavy atom. The van der Waals surface area contributed by atoms with Gasteiger partial charge in [0.25, 0.3) is 0 Å². The summed E-state index contributed by atoms with van der Waals surface area (Å²) in [5.41, 5.74) is 0.720. The van der Waals surface area contributed by atoms with Crippen LogP contribution >= 0.6 is 0 Å². The fourth-order valence-electron chi connectivity index (χ4n) is 0.845. The van der Waals surface area contributed by atoms with Crippen LogP contribution in [0.4, 0.5) is 0 Å². The van der Waals surface area contributed by atoms with Crippen molar-refractivity contribution in [2.24, 2.45) is 0 Å². The van der Waals surface area contributed by atoms with E-state index in [1.54, 1.807) is 6.92 Å². The van der Waals surface area contributed by atoms with Gasteiger partial charge in [-0.05, 0) is 6.92 Å². The van der Waals surface area contributed by atoms with Crippen molar-refractivity contribution in [2.45, 2.75) is 19.8 Å². The number of aliphatic carboxylic acids is 1. The smallest absolute Gasteiger partial charge is 0.372 e. The predicted octanol–water partition coefficient (Wildman–Crippen LogP) is 0.569. The molecule has 0 aliphatic carbocycles. The maximum absolute atomic E-state index is 10.7. The second kappa shape index (κ2) is 3.84. The number of nitrogens with zero attached hydrogens (tertiary/aromatic N) is 1. The number of hydrogen-bond acceptors (Lipinski definition) is 4. The molecule has 0 fully saturated rings. The van der Waals surface area contributed by atoms with Gasteiger partial charge in [-0.1, -0.05) is 0 Å². The van der Waals surface area contributed by atoms with E-state index in [1.807, 2.05) is 0 Å². The summed E-state index contributed by atoms with van der Waals surface area (Å²) < 4.78 is 4.94. The second-order valence-electron chi connectivity index (χ2n) is 2.61. The van der Waals surface area contributed by atoms with E-state index in [9.17, 15) is 9.59 Å². The molecule has 0 aliphatic rings. The minimum atomic E-state index is -1.41. The van der Waals surface area contributed by atoms with E-state index in [4.69, 9.17) is 9.52 Å². The van der Waals surface area contributed by atoms with Gasteiger partial charge in [0.05, 0.1) is 5.69 Å². The molecule has 1 aromatic rings. The van der Waals surface area contributed by atoms with Crippen LogP contribution in [0.25, 0.3) is 0 Å². The third-order valence-corrected chi connectivity index (χ3v) is 1.47. The number of Topliss-reactive ketones (excluding diaryl/α,β-unsaturated/α-hetero) is 1. The SMILES string of the molecule is Cc1coc(CCC(=O)C(=O)O)n1. The summed E-state index contributed by atoms with van der Waals surface area (Å²) in [5, 5.41) is 8.26. The Hall–Kier alpha value is -1.65. The maximum Gasteiger partial charge on any atom is 0.372 e. The highest BCUT2D eigenvalue weighted by Crippen LogP contribution is 2.03. The molecule has 70 valence electrons. The Bertz CT molecular complexity index is 329. The minimum Gasteiger partial charge on any atom is -0.476 e. The number of carboxylic acid groups (broad SMARTS) is 1. The summed E-state index contributed by atoms with van der Waals surface area (Å²) >= 11 is 0. The number of oxazole rings is 1. The molecule has 1 rings (SSSR count). The minimum absolute atomic E-state index is 0.0741. The molecular formula is C8H9NO4. The number of rotatable bonds is 4. The molecule has 0 unspecified atom stereocenters. The topological polar surface area (TPSA) is 80.4 Å².